The number of hydrogen-bond donors (Lipinski definition) is 0. The van der Waals surface area contributed by atoms with Gasteiger partial charge in [0.2, 0.25) is 5.88 Å². The van der Waals surface area contributed by atoms with Crippen molar-refractivity contribution in [3.05, 3.63) is 50.5 Å². The average Bonchev–Trinajstić information content (AvgIpc) is 2.42. The smallest absolute Gasteiger partial charge is 0.223 e. The van der Waals surface area contributed by atoms with Crippen LogP contribution in [0.4, 0.5) is 0 Å². The summed E-state index contributed by atoms with van der Waals surface area (Å²) in [6, 6.07) is 7.89. The summed E-state index contributed by atoms with van der Waals surface area (Å²) >= 11 is 12.8. The molecule has 0 atom stereocenters. The molecule has 5 heteroatoms. The Morgan fingerprint density at radius 2 is 1.95 bits per heavy atom. The maximum atomic E-state index is 5.97. The highest BCUT2D eigenvalue weighted by Crippen LogP contribution is 2.34. The van der Waals surface area contributed by atoms with Gasteiger partial charge in [0.25, 0.3) is 0 Å². The fourth-order valence-electron chi connectivity index (χ4n) is 1.82. The van der Waals surface area contributed by atoms with Gasteiger partial charge in [0.15, 0.2) is 0 Å². The van der Waals surface area contributed by atoms with E-state index >= 15 is 0 Å². The topological polar surface area (TPSA) is 22.1 Å². The van der Waals surface area contributed by atoms with Crippen LogP contribution >= 0.6 is 43.5 Å². The molecule has 0 aliphatic carbocycles. The molecule has 2 aromatic rings. The molecule has 1 aromatic carbocycles. The minimum atomic E-state index is 0.356. The zero-order chi connectivity index (χ0) is 14.7. The van der Waals surface area contributed by atoms with E-state index in [1.165, 1.54) is 0 Å². The summed E-state index contributed by atoms with van der Waals surface area (Å²) in [6.45, 7) is 4.26. The van der Waals surface area contributed by atoms with Crippen molar-refractivity contribution in [1.29, 1.82) is 0 Å². The fraction of sp³-hybridized carbons (Fsp3) is 0.267. The van der Waals surface area contributed by atoms with Crippen LogP contribution in [0.15, 0.2) is 39.4 Å². The van der Waals surface area contributed by atoms with Crippen LogP contribution < -0.4 is 4.74 Å². The first kappa shape index (κ1) is 15.8. The molecule has 0 saturated carbocycles. The molecule has 106 valence electrons. The SMILES string of the molecule is CC(C)c1cc(Br)ccc1Oc1ncc(Br)cc1CCl. The molecule has 0 aliphatic heterocycles. The number of alkyl halides is 1. The Kier molecular flexibility index (Phi) is 5.47. The largest absolute Gasteiger partial charge is 0.438 e. The highest BCUT2D eigenvalue weighted by molar-refractivity contribution is 9.10. The normalized spacial score (nSPS) is 10.9. The van der Waals surface area contributed by atoms with Gasteiger partial charge in [-0.3, -0.25) is 0 Å². The number of benzene rings is 1. The Labute approximate surface area is 140 Å². The third-order valence-corrected chi connectivity index (χ3v) is 4.05. The van der Waals surface area contributed by atoms with E-state index < -0.39 is 0 Å². The van der Waals surface area contributed by atoms with Crippen molar-refractivity contribution in [2.45, 2.75) is 25.6 Å². The number of aromatic nitrogens is 1. The van der Waals surface area contributed by atoms with Gasteiger partial charge < -0.3 is 4.74 Å². The van der Waals surface area contributed by atoms with Gasteiger partial charge >= 0.3 is 0 Å². The van der Waals surface area contributed by atoms with Crippen LogP contribution in [0.1, 0.15) is 30.9 Å². The molecule has 2 rings (SSSR count). The molecule has 0 fully saturated rings. The average molecular weight is 420 g/mol. The fourth-order valence-corrected chi connectivity index (χ4v) is 2.77. The number of hydrogen-bond acceptors (Lipinski definition) is 2. The molecule has 0 aliphatic rings. The predicted octanol–water partition coefficient (Wildman–Crippen LogP) is 6.26. The van der Waals surface area contributed by atoms with Crippen molar-refractivity contribution in [3.8, 4) is 11.6 Å². The molecule has 1 heterocycles. The van der Waals surface area contributed by atoms with Gasteiger partial charge in [-0.05, 0) is 51.7 Å². The van der Waals surface area contributed by atoms with Gasteiger partial charge in [-0.15, -0.1) is 11.6 Å². The lowest BCUT2D eigenvalue weighted by atomic mass is 10.0. The van der Waals surface area contributed by atoms with Gasteiger partial charge in [-0.2, -0.15) is 0 Å². The molecule has 0 spiro atoms. The van der Waals surface area contributed by atoms with Crippen LogP contribution in [0, 0.1) is 0 Å². The molecule has 0 bridgehead atoms. The number of rotatable bonds is 4. The van der Waals surface area contributed by atoms with Gasteiger partial charge in [0.1, 0.15) is 5.75 Å². The predicted molar refractivity (Wildman–Crippen MR) is 89.8 cm³/mol. The lowest BCUT2D eigenvalue weighted by molar-refractivity contribution is 0.449. The summed E-state index contributed by atoms with van der Waals surface area (Å²) in [7, 11) is 0. The standard InChI is InChI=1S/C15H14Br2ClNO/c1-9(2)13-6-11(16)3-4-14(13)20-15-10(7-18)5-12(17)8-19-15/h3-6,8-9H,7H2,1-2H3. The lowest BCUT2D eigenvalue weighted by Gasteiger charge is -2.15. The van der Waals surface area contributed by atoms with Gasteiger partial charge in [-0.25, -0.2) is 4.98 Å². The summed E-state index contributed by atoms with van der Waals surface area (Å²) in [5.41, 5.74) is 1.99. The van der Waals surface area contributed by atoms with Gasteiger partial charge in [0, 0.05) is 20.7 Å². The molecule has 0 saturated heterocycles. The van der Waals surface area contributed by atoms with Crippen LogP contribution in [0.5, 0.6) is 11.6 Å². The second-order valence-corrected chi connectivity index (χ2v) is 6.79. The molecule has 0 unspecified atom stereocenters. The van der Waals surface area contributed by atoms with E-state index in [-0.39, 0.29) is 0 Å². The number of pyridine rings is 1. The highest BCUT2D eigenvalue weighted by Gasteiger charge is 2.12. The van der Waals surface area contributed by atoms with E-state index in [9.17, 15) is 0 Å². The number of ether oxygens (including phenoxy) is 1. The van der Waals surface area contributed by atoms with Crippen molar-refractivity contribution < 1.29 is 4.74 Å². The van der Waals surface area contributed by atoms with Crippen molar-refractivity contribution in [3.63, 3.8) is 0 Å². The minimum absolute atomic E-state index is 0.356. The highest BCUT2D eigenvalue weighted by atomic mass is 79.9. The monoisotopic (exact) mass is 417 g/mol. The van der Waals surface area contributed by atoms with Crippen LogP contribution in [0.2, 0.25) is 0 Å². The second kappa shape index (κ2) is 6.92. The Bertz CT molecular complexity index is 617. The lowest BCUT2D eigenvalue weighted by Crippen LogP contribution is -1.98. The Morgan fingerprint density at radius 3 is 2.60 bits per heavy atom. The van der Waals surface area contributed by atoms with Crippen molar-refractivity contribution in [2.75, 3.05) is 0 Å². The van der Waals surface area contributed by atoms with Crippen molar-refractivity contribution in [2.24, 2.45) is 0 Å². The first-order valence-corrected chi connectivity index (χ1v) is 8.31. The first-order valence-electron chi connectivity index (χ1n) is 6.19. The summed E-state index contributed by atoms with van der Waals surface area (Å²) < 4.78 is 7.89. The maximum absolute atomic E-state index is 5.97. The zero-order valence-corrected chi connectivity index (χ0v) is 15.1. The summed E-state index contributed by atoms with van der Waals surface area (Å²) in [4.78, 5) is 4.30. The molecule has 20 heavy (non-hydrogen) atoms. The Hall–Kier alpha value is -0.580. The van der Waals surface area contributed by atoms with E-state index in [0.29, 0.717) is 17.7 Å². The van der Waals surface area contributed by atoms with E-state index in [4.69, 9.17) is 16.3 Å². The molecule has 1 aromatic heterocycles. The van der Waals surface area contributed by atoms with Crippen LogP contribution in [0.25, 0.3) is 0 Å². The molecular formula is C15H14Br2ClNO. The molecular weight excluding hydrogens is 405 g/mol. The van der Waals surface area contributed by atoms with Crippen LogP contribution in [0.3, 0.4) is 0 Å². The van der Waals surface area contributed by atoms with E-state index in [0.717, 1.165) is 25.8 Å². The van der Waals surface area contributed by atoms with E-state index in [2.05, 4.69) is 56.8 Å². The zero-order valence-electron chi connectivity index (χ0n) is 11.2. The van der Waals surface area contributed by atoms with Crippen molar-refractivity contribution >= 4 is 43.5 Å². The van der Waals surface area contributed by atoms with Crippen LogP contribution in [-0.4, -0.2) is 4.98 Å². The molecule has 0 radical (unpaired) electrons. The quantitative estimate of drug-likeness (QED) is 0.546. The number of halogens is 3. The van der Waals surface area contributed by atoms with Gasteiger partial charge in [0.05, 0.1) is 5.88 Å². The Morgan fingerprint density at radius 1 is 1.20 bits per heavy atom. The minimum Gasteiger partial charge on any atom is -0.438 e. The Balaban J connectivity index is 2.39. The molecule has 0 N–H and O–H groups in total. The maximum Gasteiger partial charge on any atom is 0.223 e. The third-order valence-electron chi connectivity index (χ3n) is 2.84. The van der Waals surface area contributed by atoms with Crippen molar-refractivity contribution in [1.82, 2.24) is 4.98 Å². The van der Waals surface area contributed by atoms with E-state index in [1.807, 2.05) is 18.2 Å². The number of nitrogens with zero attached hydrogens (tertiary/aromatic N) is 1. The van der Waals surface area contributed by atoms with Crippen LogP contribution in [-0.2, 0) is 5.88 Å². The summed E-state index contributed by atoms with van der Waals surface area (Å²) in [6.07, 6.45) is 1.71. The van der Waals surface area contributed by atoms with E-state index in [1.54, 1.807) is 6.20 Å². The molecule has 0 amide bonds. The molecule has 2 nitrogen and oxygen atoms in total. The third kappa shape index (κ3) is 3.74. The first-order chi connectivity index (χ1) is 9.51. The summed E-state index contributed by atoms with van der Waals surface area (Å²) in [5, 5.41) is 0. The van der Waals surface area contributed by atoms with Gasteiger partial charge in [-0.1, -0.05) is 29.8 Å². The second-order valence-electron chi connectivity index (χ2n) is 4.69. The summed E-state index contributed by atoms with van der Waals surface area (Å²) in [5.74, 6) is 2.07.